The third-order valence-corrected chi connectivity index (χ3v) is 7.77. The number of carbonyl (C=O) groups is 1. The van der Waals surface area contributed by atoms with E-state index >= 15 is 0 Å². The number of benzene rings is 2. The second-order valence-corrected chi connectivity index (χ2v) is 9.91. The first-order valence-corrected chi connectivity index (χ1v) is 11.9. The van der Waals surface area contributed by atoms with Gasteiger partial charge in [0.25, 0.3) is 5.91 Å². The lowest BCUT2D eigenvalue weighted by molar-refractivity contribution is 0.0773. The minimum Gasteiger partial charge on any atom is -0.385 e. The van der Waals surface area contributed by atoms with Crippen molar-refractivity contribution in [3.63, 3.8) is 0 Å². The number of hydrogen-bond donors (Lipinski definition) is 1. The number of carbonyl (C=O) groups excluding carboxylic acids is 1. The molecule has 6 heteroatoms. The van der Waals surface area contributed by atoms with Crippen LogP contribution in [0.5, 0.6) is 0 Å². The van der Waals surface area contributed by atoms with Gasteiger partial charge >= 0.3 is 0 Å². The SMILES string of the molecule is Cc1ccc(NCCCN2CC3CN(C(=O)c4cccc(Br)c4C)CC3C2)cc1Cl. The molecule has 2 saturated heterocycles. The largest absolute Gasteiger partial charge is 0.385 e. The van der Waals surface area contributed by atoms with E-state index in [1.165, 1.54) is 0 Å². The smallest absolute Gasteiger partial charge is 0.254 e. The zero-order valence-electron chi connectivity index (χ0n) is 17.6. The number of likely N-dealkylation sites (tertiary alicyclic amines) is 2. The molecule has 0 bridgehead atoms. The van der Waals surface area contributed by atoms with E-state index in [9.17, 15) is 4.79 Å². The molecule has 160 valence electrons. The maximum Gasteiger partial charge on any atom is 0.254 e. The lowest BCUT2D eigenvalue weighted by atomic mass is 10.0. The maximum absolute atomic E-state index is 13.0. The van der Waals surface area contributed by atoms with Crippen LogP contribution in [0.15, 0.2) is 40.9 Å². The van der Waals surface area contributed by atoms with E-state index in [0.717, 1.165) is 77.6 Å². The minimum absolute atomic E-state index is 0.177. The molecule has 2 unspecified atom stereocenters. The molecule has 0 aliphatic carbocycles. The van der Waals surface area contributed by atoms with E-state index < -0.39 is 0 Å². The Morgan fingerprint density at radius 2 is 1.87 bits per heavy atom. The Bertz CT molecular complexity index is 921. The van der Waals surface area contributed by atoms with E-state index in [4.69, 9.17) is 11.6 Å². The van der Waals surface area contributed by atoms with Crippen molar-refractivity contribution in [2.24, 2.45) is 11.8 Å². The predicted octanol–water partition coefficient (Wildman–Crippen LogP) is 5.23. The molecule has 4 nitrogen and oxygen atoms in total. The number of halogens is 2. The minimum atomic E-state index is 0.177. The highest BCUT2D eigenvalue weighted by Gasteiger charge is 2.41. The molecule has 2 heterocycles. The Morgan fingerprint density at radius 3 is 2.57 bits per heavy atom. The number of rotatable bonds is 6. The van der Waals surface area contributed by atoms with Crippen LogP contribution < -0.4 is 5.32 Å². The van der Waals surface area contributed by atoms with Gasteiger partial charge in [-0.25, -0.2) is 0 Å². The van der Waals surface area contributed by atoms with Crippen molar-refractivity contribution in [3.05, 3.63) is 62.6 Å². The summed E-state index contributed by atoms with van der Waals surface area (Å²) in [7, 11) is 0. The average Bonchev–Trinajstić information content (AvgIpc) is 3.28. The second kappa shape index (κ2) is 9.29. The summed E-state index contributed by atoms with van der Waals surface area (Å²) in [6.07, 6.45) is 1.10. The molecule has 2 atom stereocenters. The summed E-state index contributed by atoms with van der Waals surface area (Å²) in [6, 6.07) is 12.0. The summed E-state index contributed by atoms with van der Waals surface area (Å²) in [5.74, 6) is 1.38. The summed E-state index contributed by atoms with van der Waals surface area (Å²) < 4.78 is 1.00. The van der Waals surface area contributed by atoms with Crippen molar-refractivity contribution in [3.8, 4) is 0 Å². The van der Waals surface area contributed by atoms with Crippen LogP contribution in [0.2, 0.25) is 5.02 Å². The van der Waals surface area contributed by atoms with Crippen molar-refractivity contribution in [2.45, 2.75) is 20.3 Å². The van der Waals surface area contributed by atoms with Crippen molar-refractivity contribution in [1.29, 1.82) is 0 Å². The summed E-state index contributed by atoms with van der Waals surface area (Å²) in [6.45, 7) is 10.0. The van der Waals surface area contributed by atoms with Crippen LogP contribution in [0.25, 0.3) is 0 Å². The van der Waals surface area contributed by atoms with Crippen LogP contribution in [0, 0.1) is 25.7 Å². The van der Waals surface area contributed by atoms with Gasteiger partial charge in [-0.15, -0.1) is 0 Å². The molecule has 1 N–H and O–H groups in total. The molecular weight excluding hydrogens is 462 g/mol. The molecule has 0 spiro atoms. The summed E-state index contributed by atoms with van der Waals surface area (Å²) in [4.78, 5) is 17.6. The topological polar surface area (TPSA) is 35.6 Å². The third kappa shape index (κ3) is 4.68. The van der Waals surface area contributed by atoms with Crippen molar-refractivity contribution in [2.75, 3.05) is 44.6 Å². The molecule has 2 aliphatic rings. The lowest BCUT2D eigenvalue weighted by Crippen LogP contribution is -2.34. The fraction of sp³-hybridized carbons (Fsp3) is 0.458. The first-order chi connectivity index (χ1) is 14.4. The molecule has 0 radical (unpaired) electrons. The first kappa shape index (κ1) is 21.7. The van der Waals surface area contributed by atoms with Gasteiger partial charge in [0.2, 0.25) is 0 Å². The van der Waals surface area contributed by atoms with Gasteiger partial charge in [-0.2, -0.15) is 0 Å². The fourth-order valence-electron chi connectivity index (χ4n) is 4.69. The molecule has 2 fully saturated rings. The monoisotopic (exact) mass is 489 g/mol. The first-order valence-electron chi connectivity index (χ1n) is 10.7. The van der Waals surface area contributed by atoms with Gasteiger partial charge in [0.15, 0.2) is 0 Å². The third-order valence-electron chi connectivity index (χ3n) is 6.50. The van der Waals surface area contributed by atoms with Crippen molar-refractivity contribution >= 4 is 39.1 Å². The van der Waals surface area contributed by atoms with E-state index in [2.05, 4.69) is 43.2 Å². The normalized spacial score (nSPS) is 21.1. The Kier molecular flexibility index (Phi) is 6.71. The number of hydrogen-bond acceptors (Lipinski definition) is 3. The summed E-state index contributed by atoms with van der Waals surface area (Å²) in [5.41, 5.74) is 4.04. The van der Waals surface area contributed by atoms with Gasteiger partial charge in [-0.1, -0.05) is 39.7 Å². The van der Waals surface area contributed by atoms with Crippen LogP contribution in [0.4, 0.5) is 5.69 Å². The fourth-order valence-corrected chi connectivity index (χ4v) is 5.23. The van der Waals surface area contributed by atoms with Gasteiger partial charge in [0, 0.05) is 53.5 Å². The zero-order valence-corrected chi connectivity index (χ0v) is 20.0. The molecular formula is C24H29BrClN3O. The average molecular weight is 491 g/mol. The molecule has 2 aromatic rings. The van der Waals surface area contributed by atoms with Crippen LogP contribution in [-0.2, 0) is 0 Å². The van der Waals surface area contributed by atoms with E-state index in [0.29, 0.717) is 11.8 Å². The molecule has 2 aliphatic heterocycles. The standard InChI is InChI=1S/C24H29BrClN3O/c1-16-7-8-20(11-23(16)26)27-9-4-10-28-12-18-14-29(15-19(18)13-28)24(30)21-5-3-6-22(25)17(21)2/h3,5-8,11,18-19,27H,4,9-10,12-15H2,1-2H3. The van der Waals surface area contributed by atoms with Gasteiger partial charge in [-0.05, 0) is 74.0 Å². The quantitative estimate of drug-likeness (QED) is 0.564. The maximum atomic E-state index is 13.0. The van der Waals surface area contributed by atoms with Gasteiger partial charge in [0.1, 0.15) is 0 Å². The van der Waals surface area contributed by atoms with Gasteiger partial charge in [0.05, 0.1) is 0 Å². The number of amides is 1. The number of fused-ring (bicyclic) bond motifs is 1. The van der Waals surface area contributed by atoms with Crippen molar-refractivity contribution < 1.29 is 4.79 Å². The Hall–Kier alpha value is -1.56. The molecule has 4 rings (SSSR count). The highest BCUT2D eigenvalue weighted by Crippen LogP contribution is 2.32. The predicted molar refractivity (Wildman–Crippen MR) is 127 cm³/mol. The highest BCUT2D eigenvalue weighted by molar-refractivity contribution is 9.10. The van der Waals surface area contributed by atoms with E-state index in [1.807, 2.05) is 38.1 Å². The number of aryl methyl sites for hydroxylation is 1. The van der Waals surface area contributed by atoms with E-state index in [-0.39, 0.29) is 5.91 Å². The highest BCUT2D eigenvalue weighted by atomic mass is 79.9. The van der Waals surface area contributed by atoms with Crippen LogP contribution in [0.3, 0.4) is 0 Å². The van der Waals surface area contributed by atoms with Gasteiger partial charge < -0.3 is 15.1 Å². The number of nitrogens with one attached hydrogen (secondary N) is 1. The zero-order chi connectivity index (χ0) is 21.3. The van der Waals surface area contributed by atoms with Crippen molar-refractivity contribution in [1.82, 2.24) is 9.80 Å². The lowest BCUT2D eigenvalue weighted by Gasteiger charge is -2.22. The Morgan fingerprint density at radius 1 is 1.13 bits per heavy atom. The Balaban J connectivity index is 1.22. The van der Waals surface area contributed by atoms with Crippen LogP contribution in [-0.4, -0.2) is 55.0 Å². The molecule has 2 aromatic carbocycles. The molecule has 0 aromatic heterocycles. The number of anilines is 1. The summed E-state index contributed by atoms with van der Waals surface area (Å²) >= 11 is 9.74. The van der Waals surface area contributed by atoms with E-state index in [1.54, 1.807) is 0 Å². The molecule has 30 heavy (non-hydrogen) atoms. The van der Waals surface area contributed by atoms with Crippen LogP contribution >= 0.6 is 27.5 Å². The van der Waals surface area contributed by atoms with Gasteiger partial charge in [-0.3, -0.25) is 4.79 Å². The molecule has 0 saturated carbocycles. The number of nitrogens with zero attached hydrogens (tertiary/aromatic N) is 2. The molecule has 1 amide bonds. The van der Waals surface area contributed by atoms with Crippen LogP contribution in [0.1, 0.15) is 27.9 Å². The Labute approximate surface area is 192 Å². The summed E-state index contributed by atoms with van der Waals surface area (Å²) in [5, 5.41) is 4.28. The second-order valence-electron chi connectivity index (χ2n) is 8.65.